The smallest absolute Gasteiger partial charge is 0.235 e. The summed E-state index contributed by atoms with van der Waals surface area (Å²) in [6.45, 7) is 6.99. The van der Waals surface area contributed by atoms with Gasteiger partial charge in [0.25, 0.3) is 0 Å². The van der Waals surface area contributed by atoms with Gasteiger partial charge in [0.15, 0.2) is 0 Å². The number of ketones is 1. The fourth-order valence-electron chi connectivity index (χ4n) is 2.15. The Morgan fingerprint density at radius 1 is 1.20 bits per heavy atom. The van der Waals surface area contributed by atoms with Crippen molar-refractivity contribution >= 4 is 21.5 Å². The molecule has 0 atom stereocenters. The molecule has 0 aliphatic heterocycles. The zero-order valence-electron chi connectivity index (χ0n) is 12.6. The van der Waals surface area contributed by atoms with Crippen molar-refractivity contribution in [2.75, 3.05) is 16.6 Å². The van der Waals surface area contributed by atoms with Crippen LogP contribution in [0.5, 0.6) is 0 Å². The molecule has 0 saturated carbocycles. The standard InChI is InChI=1S/C15H23NO3S/c1-5-6-10-20(18,19)16(11-14(4)17)15-12(2)8-7-9-13(15)3/h7-9H,5-6,10-11H2,1-4H3. The second-order valence-corrected chi connectivity index (χ2v) is 7.13. The van der Waals surface area contributed by atoms with Crippen molar-refractivity contribution in [3.63, 3.8) is 0 Å². The highest BCUT2D eigenvalue weighted by Crippen LogP contribution is 2.27. The molecule has 1 aromatic carbocycles. The van der Waals surface area contributed by atoms with Crippen molar-refractivity contribution in [1.29, 1.82) is 0 Å². The average molecular weight is 297 g/mol. The molecule has 0 aromatic heterocycles. The Hall–Kier alpha value is -1.36. The van der Waals surface area contributed by atoms with Crippen molar-refractivity contribution in [3.8, 4) is 0 Å². The molecule has 0 radical (unpaired) electrons. The van der Waals surface area contributed by atoms with Gasteiger partial charge in [-0.3, -0.25) is 9.10 Å². The number of Topliss-reactive ketones (excluding diaryl/α,β-unsaturated/α-hetero) is 1. The summed E-state index contributed by atoms with van der Waals surface area (Å²) in [5.41, 5.74) is 2.37. The van der Waals surface area contributed by atoms with Crippen LogP contribution in [0, 0.1) is 13.8 Å². The molecule has 20 heavy (non-hydrogen) atoms. The number of carbonyl (C=O) groups is 1. The lowest BCUT2D eigenvalue weighted by Crippen LogP contribution is -2.37. The summed E-state index contributed by atoms with van der Waals surface area (Å²) in [6.07, 6.45) is 1.40. The molecule has 0 N–H and O–H groups in total. The molecule has 0 aliphatic carbocycles. The molecule has 0 spiro atoms. The van der Waals surface area contributed by atoms with Crippen molar-refractivity contribution in [3.05, 3.63) is 29.3 Å². The molecule has 0 fully saturated rings. The Morgan fingerprint density at radius 3 is 2.20 bits per heavy atom. The van der Waals surface area contributed by atoms with Gasteiger partial charge in [-0.05, 0) is 38.3 Å². The maximum atomic E-state index is 12.5. The van der Waals surface area contributed by atoms with E-state index in [1.165, 1.54) is 11.2 Å². The summed E-state index contributed by atoms with van der Waals surface area (Å²) in [6, 6.07) is 5.62. The lowest BCUT2D eigenvalue weighted by Gasteiger charge is -2.26. The van der Waals surface area contributed by atoms with Gasteiger partial charge in [-0.25, -0.2) is 8.42 Å². The Balaban J connectivity index is 3.29. The molecule has 5 heteroatoms. The first-order valence-electron chi connectivity index (χ1n) is 6.85. The van der Waals surface area contributed by atoms with Crippen LogP contribution in [0.3, 0.4) is 0 Å². The lowest BCUT2D eigenvalue weighted by molar-refractivity contribution is -0.115. The SMILES string of the molecule is CCCCS(=O)(=O)N(CC(C)=O)c1c(C)cccc1C. The van der Waals surface area contributed by atoms with Crippen LogP contribution >= 0.6 is 0 Å². The van der Waals surface area contributed by atoms with E-state index in [9.17, 15) is 13.2 Å². The number of benzene rings is 1. The first-order chi connectivity index (χ1) is 9.29. The molecule has 112 valence electrons. The van der Waals surface area contributed by atoms with Gasteiger partial charge in [0.1, 0.15) is 5.78 Å². The van der Waals surface area contributed by atoms with E-state index in [1.807, 2.05) is 39.0 Å². The third-order valence-electron chi connectivity index (χ3n) is 3.15. The summed E-state index contributed by atoms with van der Waals surface area (Å²) < 4.78 is 26.3. The molecular formula is C15H23NO3S. The second-order valence-electron chi connectivity index (χ2n) is 5.12. The normalized spacial score (nSPS) is 11.4. The van der Waals surface area contributed by atoms with Gasteiger partial charge in [0.05, 0.1) is 18.0 Å². The third-order valence-corrected chi connectivity index (χ3v) is 4.93. The summed E-state index contributed by atoms with van der Waals surface area (Å²) in [5.74, 6) is -0.0855. The van der Waals surface area contributed by atoms with Crippen molar-refractivity contribution in [1.82, 2.24) is 0 Å². The van der Waals surface area contributed by atoms with Crippen LogP contribution in [-0.2, 0) is 14.8 Å². The predicted octanol–water partition coefficient (Wildman–Crippen LogP) is 2.83. The van der Waals surface area contributed by atoms with Gasteiger partial charge in [-0.15, -0.1) is 0 Å². The number of unbranched alkanes of at least 4 members (excludes halogenated alkanes) is 1. The van der Waals surface area contributed by atoms with Crippen molar-refractivity contribution in [2.24, 2.45) is 0 Å². The molecule has 1 aromatic rings. The Kier molecular flexibility index (Phi) is 5.74. The predicted molar refractivity (Wildman–Crippen MR) is 82.6 cm³/mol. The highest BCUT2D eigenvalue weighted by molar-refractivity contribution is 7.92. The summed E-state index contributed by atoms with van der Waals surface area (Å²) in [4.78, 5) is 11.5. The number of anilines is 1. The van der Waals surface area contributed by atoms with Crippen LogP contribution in [0.4, 0.5) is 5.69 Å². The average Bonchev–Trinajstić information content (AvgIpc) is 2.34. The quantitative estimate of drug-likeness (QED) is 0.777. The second kappa shape index (κ2) is 6.88. The van der Waals surface area contributed by atoms with Crippen LogP contribution in [0.1, 0.15) is 37.8 Å². The Labute approximate surface area is 121 Å². The van der Waals surface area contributed by atoms with E-state index in [0.29, 0.717) is 12.1 Å². The van der Waals surface area contributed by atoms with Crippen molar-refractivity contribution in [2.45, 2.75) is 40.5 Å². The van der Waals surface area contributed by atoms with Gasteiger partial charge >= 0.3 is 0 Å². The number of hydrogen-bond acceptors (Lipinski definition) is 3. The zero-order chi connectivity index (χ0) is 15.3. The molecule has 0 saturated heterocycles. The van der Waals surface area contributed by atoms with E-state index in [2.05, 4.69) is 0 Å². The van der Waals surface area contributed by atoms with Gasteiger partial charge in [-0.1, -0.05) is 31.5 Å². The minimum absolute atomic E-state index is 0.0740. The summed E-state index contributed by atoms with van der Waals surface area (Å²) in [5, 5.41) is 0. The zero-order valence-corrected chi connectivity index (χ0v) is 13.5. The first-order valence-corrected chi connectivity index (χ1v) is 8.46. The van der Waals surface area contributed by atoms with E-state index in [0.717, 1.165) is 17.5 Å². The molecule has 1 rings (SSSR count). The van der Waals surface area contributed by atoms with E-state index in [1.54, 1.807) is 0 Å². The van der Waals surface area contributed by atoms with E-state index in [-0.39, 0.29) is 18.1 Å². The number of rotatable bonds is 7. The molecule has 0 heterocycles. The van der Waals surface area contributed by atoms with Crippen LogP contribution in [0.25, 0.3) is 0 Å². The molecule has 0 aliphatic rings. The van der Waals surface area contributed by atoms with Crippen LogP contribution in [-0.4, -0.2) is 26.5 Å². The summed E-state index contributed by atoms with van der Waals surface area (Å²) in [7, 11) is -3.47. The van der Waals surface area contributed by atoms with Gasteiger partial charge in [0.2, 0.25) is 10.0 Å². The summed E-state index contributed by atoms with van der Waals surface area (Å²) >= 11 is 0. The number of nitrogens with zero attached hydrogens (tertiary/aromatic N) is 1. The van der Waals surface area contributed by atoms with Crippen LogP contribution in [0.2, 0.25) is 0 Å². The molecule has 0 bridgehead atoms. The number of para-hydroxylation sites is 1. The highest BCUT2D eigenvalue weighted by Gasteiger charge is 2.25. The Morgan fingerprint density at radius 2 is 1.75 bits per heavy atom. The fourth-order valence-corrected chi connectivity index (χ4v) is 3.97. The van der Waals surface area contributed by atoms with E-state index < -0.39 is 10.0 Å². The minimum Gasteiger partial charge on any atom is -0.298 e. The maximum absolute atomic E-state index is 12.5. The topological polar surface area (TPSA) is 54.5 Å². The van der Waals surface area contributed by atoms with E-state index in [4.69, 9.17) is 0 Å². The third kappa shape index (κ3) is 4.07. The van der Waals surface area contributed by atoms with Crippen LogP contribution < -0.4 is 4.31 Å². The molecule has 0 amide bonds. The highest BCUT2D eigenvalue weighted by atomic mass is 32.2. The van der Waals surface area contributed by atoms with Crippen molar-refractivity contribution < 1.29 is 13.2 Å². The molecular weight excluding hydrogens is 274 g/mol. The molecule has 0 unspecified atom stereocenters. The minimum atomic E-state index is -3.47. The monoisotopic (exact) mass is 297 g/mol. The van der Waals surface area contributed by atoms with Gasteiger partial charge in [0, 0.05) is 0 Å². The van der Waals surface area contributed by atoms with Gasteiger partial charge in [-0.2, -0.15) is 0 Å². The number of sulfonamides is 1. The van der Waals surface area contributed by atoms with E-state index >= 15 is 0 Å². The van der Waals surface area contributed by atoms with Gasteiger partial charge < -0.3 is 0 Å². The number of carbonyl (C=O) groups excluding carboxylic acids is 1. The lowest BCUT2D eigenvalue weighted by atomic mass is 10.1. The largest absolute Gasteiger partial charge is 0.298 e. The maximum Gasteiger partial charge on any atom is 0.235 e. The first kappa shape index (κ1) is 16.7. The fraction of sp³-hybridized carbons (Fsp3) is 0.533. The van der Waals surface area contributed by atoms with Crippen LogP contribution in [0.15, 0.2) is 18.2 Å². The molecule has 4 nitrogen and oxygen atoms in total. The number of hydrogen-bond donors (Lipinski definition) is 0. The Bertz CT molecular complexity index is 559. The number of aryl methyl sites for hydroxylation is 2.